The van der Waals surface area contributed by atoms with E-state index in [4.69, 9.17) is 10.5 Å². The predicted molar refractivity (Wildman–Crippen MR) is 43.0 cm³/mol. The number of hydrogen-bond acceptors (Lipinski definition) is 3. The molecular weight excluding hydrogens is 158 g/mol. The van der Waals surface area contributed by atoms with Gasteiger partial charge >= 0.3 is 0 Å². The molecule has 0 aromatic carbocycles. The molecule has 0 saturated carbocycles. The molecule has 0 saturated heterocycles. The number of rotatable bonds is 1. The van der Waals surface area contributed by atoms with Crippen molar-refractivity contribution in [2.24, 2.45) is 11.5 Å². The summed E-state index contributed by atoms with van der Waals surface area (Å²) in [6, 6.07) is 3.14. The molecule has 1 rings (SSSR count). The standard InChI is InChI=1S/C6H6N2O.CH3NO/c7-6(9)5-1-3-8-4-2-5;2-1-3/h1-4H,(H2,7,9);1H,(H2,2,3). The summed E-state index contributed by atoms with van der Waals surface area (Å²) in [6.45, 7) is 0. The van der Waals surface area contributed by atoms with E-state index < -0.39 is 5.91 Å². The summed E-state index contributed by atoms with van der Waals surface area (Å²) in [5.41, 5.74) is 9.60. The Bertz CT molecular complexity index is 248. The third-order valence-corrected chi connectivity index (χ3v) is 0.965. The van der Waals surface area contributed by atoms with Crippen LogP contribution in [0.3, 0.4) is 0 Å². The summed E-state index contributed by atoms with van der Waals surface area (Å²) in [5.74, 6) is -0.419. The van der Waals surface area contributed by atoms with Gasteiger partial charge in [-0.2, -0.15) is 0 Å². The summed E-state index contributed by atoms with van der Waals surface area (Å²) < 4.78 is 0. The molecule has 0 aliphatic heterocycles. The normalized spacial score (nSPS) is 7.67. The van der Waals surface area contributed by atoms with Gasteiger partial charge in [-0.05, 0) is 12.1 Å². The second kappa shape index (κ2) is 5.84. The predicted octanol–water partition coefficient (Wildman–Crippen LogP) is -0.718. The molecule has 0 atom stereocenters. The van der Waals surface area contributed by atoms with Crippen LogP contribution in [0.15, 0.2) is 24.5 Å². The smallest absolute Gasteiger partial charge is 0.248 e. The Morgan fingerprint density at radius 3 is 2.08 bits per heavy atom. The minimum atomic E-state index is -0.419. The van der Waals surface area contributed by atoms with E-state index in [0.29, 0.717) is 5.56 Å². The Labute approximate surface area is 69.4 Å². The molecule has 1 aromatic heterocycles. The number of pyridine rings is 1. The number of aromatic nitrogens is 1. The van der Waals surface area contributed by atoms with Crippen molar-refractivity contribution in [2.45, 2.75) is 0 Å². The van der Waals surface area contributed by atoms with Gasteiger partial charge in [-0.15, -0.1) is 0 Å². The van der Waals surface area contributed by atoms with E-state index in [-0.39, 0.29) is 6.41 Å². The molecule has 0 spiro atoms. The molecule has 4 N–H and O–H groups in total. The fourth-order valence-electron chi connectivity index (χ4n) is 0.516. The van der Waals surface area contributed by atoms with Gasteiger partial charge < -0.3 is 11.5 Å². The molecular formula is C7H9N3O2. The molecule has 0 aliphatic carbocycles. The van der Waals surface area contributed by atoms with Crippen LogP contribution in [0.2, 0.25) is 0 Å². The van der Waals surface area contributed by atoms with Crippen molar-refractivity contribution >= 4 is 12.3 Å². The maximum Gasteiger partial charge on any atom is 0.248 e. The zero-order chi connectivity index (χ0) is 9.40. The van der Waals surface area contributed by atoms with Crippen molar-refractivity contribution in [2.75, 3.05) is 0 Å². The zero-order valence-electron chi connectivity index (χ0n) is 6.31. The van der Waals surface area contributed by atoms with Crippen molar-refractivity contribution in [3.05, 3.63) is 30.1 Å². The Kier molecular flexibility index (Phi) is 4.91. The third kappa shape index (κ3) is 3.99. The van der Waals surface area contributed by atoms with Crippen LogP contribution in [0.5, 0.6) is 0 Å². The lowest BCUT2D eigenvalue weighted by Gasteiger charge is -1.88. The minimum Gasteiger partial charge on any atom is -0.372 e. The Morgan fingerprint density at radius 1 is 1.42 bits per heavy atom. The summed E-state index contributed by atoms with van der Waals surface area (Å²) in [7, 11) is 0. The summed E-state index contributed by atoms with van der Waals surface area (Å²) >= 11 is 0. The average Bonchev–Trinajstić information content (AvgIpc) is 2.07. The number of nitrogens with two attached hydrogens (primary N) is 2. The van der Waals surface area contributed by atoms with Crippen molar-refractivity contribution in [1.82, 2.24) is 4.98 Å². The summed E-state index contributed by atoms with van der Waals surface area (Å²) in [6.07, 6.45) is 3.31. The highest BCUT2D eigenvalue weighted by atomic mass is 16.1. The quantitative estimate of drug-likeness (QED) is 0.540. The first kappa shape index (κ1) is 10.1. The average molecular weight is 167 g/mol. The first-order valence-electron chi connectivity index (χ1n) is 3.07. The first-order valence-corrected chi connectivity index (χ1v) is 3.07. The number of hydrogen-bond donors (Lipinski definition) is 2. The molecule has 1 aromatic rings. The highest BCUT2D eigenvalue weighted by Gasteiger charge is 1.94. The molecule has 0 fully saturated rings. The molecule has 0 unspecified atom stereocenters. The van der Waals surface area contributed by atoms with Gasteiger partial charge in [0.25, 0.3) is 0 Å². The maximum atomic E-state index is 10.4. The van der Waals surface area contributed by atoms with E-state index in [0.717, 1.165) is 0 Å². The lowest BCUT2D eigenvalue weighted by Crippen LogP contribution is -2.10. The number of carbonyl (C=O) groups excluding carboxylic acids is 2. The van der Waals surface area contributed by atoms with Crippen LogP contribution < -0.4 is 11.5 Å². The van der Waals surface area contributed by atoms with Crippen molar-refractivity contribution in [3.63, 3.8) is 0 Å². The van der Waals surface area contributed by atoms with Crippen LogP contribution in [0.25, 0.3) is 0 Å². The van der Waals surface area contributed by atoms with Gasteiger partial charge in [0, 0.05) is 18.0 Å². The van der Waals surface area contributed by atoms with Gasteiger partial charge in [0.2, 0.25) is 12.3 Å². The van der Waals surface area contributed by atoms with Crippen LogP contribution in [0.1, 0.15) is 10.4 Å². The van der Waals surface area contributed by atoms with E-state index in [1.165, 1.54) is 12.4 Å². The molecule has 12 heavy (non-hydrogen) atoms. The number of primary amides is 2. The third-order valence-electron chi connectivity index (χ3n) is 0.965. The topological polar surface area (TPSA) is 99.1 Å². The fourth-order valence-corrected chi connectivity index (χ4v) is 0.516. The first-order chi connectivity index (χ1) is 5.72. The van der Waals surface area contributed by atoms with Crippen LogP contribution in [0.4, 0.5) is 0 Å². The second-order valence-electron chi connectivity index (χ2n) is 1.74. The van der Waals surface area contributed by atoms with Crippen LogP contribution in [-0.2, 0) is 4.79 Å². The molecule has 64 valence electrons. The van der Waals surface area contributed by atoms with Gasteiger partial charge in [-0.25, -0.2) is 0 Å². The van der Waals surface area contributed by atoms with E-state index in [9.17, 15) is 4.79 Å². The molecule has 2 amide bonds. The minimum absolute atomic E-state index is 0.250. The van der Waals surface area contributed by atoms with Crippen molar-refractivity contribution in [3.8, 4) is 0 Å². The Hall–Kier alpha value is -1.91. The molecule has 1 heterocycles. The molecule has 5 heteroatoms. The van der Waals surface area contributed by atoms with Crippen molar-refractivity contribution < 1.29 is 9.59 Å². The van der Waals surface area contributed by atoms with Crippen molar-refractivity contribution in [1.29, 1.82) is 0 Å². The number of carbonyl (C=O) groups is 2. The van der Waals surface area contributed by atoms with Gasteiger partial charge in [0.15, 0.2) is 0 Å². The van der Waals surface area contributed by atoms with E-state index in [1.807, 2.05) is 0 Å². The SMILES string of the molecule is NC(=O)c1ccncc1.NC=O. The van der Waals surface area contributed by atoms with E-state index in [2.05, 4.69) is 10.7 Å². The summed E-state index contributed by atoms with van der Waals surface area (Å²) in [5, 5.41) is 0. The Balaban J connectivity index is 0.000000354. The van der Waals surface area contributed by atoms with Gasteiger partial charge in [-0.1, -0.05) is 0 Å². The van der Waals surface area contributed by atoms with E-state index in [1.54, 1.807) is 12.1 Å². The van der Waals surface area contributed by atoms with Crippen LogP contribution in [0, 0.1) is 0 Å². The maximum absolute atomic E-state index is 10.4. The van der Waals surface area contributed by atoms with Crippen LogP contribution >= 0.6 is 0 Å². The lowest BCUT2D eigenvalue weighted by atomic mass is 10.3. The fraction of sp³-hybridized carbons (Fsp3) is 0. The Morgan fingerprint density at radius 2 is 1.83 bits per heavy atom. The lowest BCUT2D eigenvalue weighted by molar-refractivity contribution is -0.106. The molecule has 5 nitrogen and oxygen atoms in total. The van der Waals surface area contributed by atoms with Gasteiger partial charge in [-0.3, -0.25) is 14.6 Å². The van der Waals surface area contributed by atoms with Crippen LogP contribution in [-0.4, -0.2) is 17.3 Å². The van der Waals surface area contributed by atoms with Gasteiger partial charge in [0.1, 0.15) is 0 Å². The number of amides is 2. The summed E-state index contributed by atoms with van der Waals surface area (Å²) in [4.78, 5) is 22.7. The second-order valence-corrected chi connectivity index (χ2v) is 1.74. The van der Waals surface area contributed by atoms with E-state index >= 15 is 0 Å². The molecule has 0 radical (unpaired) electrons. The monoisotopic (exact) mass is 167 g/mol. The largest absolute Gasteiger partial charge is 0.372 e. The number of nitrogens with zero attached hydrogens (tertiary/aromatic N) is 1. The molecule has 0 aliphatic rings. The molecule has 0 bridgehead atoms. The van der Waals surface area contributed by atoms with Gasteiger partial charge in [0.05, 0.1) is 0 Å². The zero-order valence-corrected chi connectivity index (χ0v) is 6.31. The highest BCUT2D eigenvalue weighted by Crippen LogP contribution is 1.91. The highest BCUT2D eigenvalue weighted by molar-refractivity contribution is 5.92.